The molecule has 4 unspecified atom stereocenters. The molecule has 216 valence electrons. The van der Waals surface area contributed by atoms with Gasteiger partial charge in [0, 0.05) is 36.4 Å². The summed E-state index contributed by atoms with van der Waals surface area (Å²) >= 11 is 0. The Morgan fingerprint density at radius 3 is 2.18 bits per heavy atom. The Morgan fingerprint density at radius 2 is 1.62 bits per heavy atom. The van der Waals surface area contributed by atoms with Gasteiger partial charge in [0.05, 0.1) is 12.2 Å². The number of para-hydroxylation sites is 1. The molecular formula is C32H48N2O5. The van der Waals surface area contributed by atoms with Gasteiger partial charge < -0.3 is 25.6 Å². The first-order valence-corrected chi connectivity index (χ1v) is 13.6. The van der Waals surface area contributed by atoms with Crippen LogP contribution < -0.4 is 10.6 Å². The Balaban J connectivity index is 2.80. The zero-order valence-corrected chi connectivity index (χ0v) is 24.5. The molecule has 7 heteroatoms. The van der Waals surface area contributed by atoms with Gasteiger partial charge in [-0.05, 0) is 37.5 Å². The molecule has 2 amide bonds. The molecule has 8 atom stereocenters. The average molecular weight is 541 g/mol. The summed E-state index contributed by atoms with van der Waals surface area (Å²) in [6.07, 6.45) is 8.25. The van der Waals surface area contributed by atoms with Crippen LogP contribution in [0.4, 0.5) is 10.5 Å². The summed E-state index contributed by atoms with van der Waals surface area (Å²) in [6, 6.07) is 9.38. The molecule has 0 spiro atoms. The molecule has 0 aliphatic rings. The largest absolute Gasteiger partial charge is 0.445 e. The van der Waals surface area contributed by atoms with Crippen molar-refractivity contribution in [3.8, 4) is 0 Å². The molecule has 1 aromatic rings. The van der Waals surface area contributed by atoms with E-state index in [1.807, 2.05) is 84.0 Å². The zero-order chi connectivity index (χ0) is 29.7. The molecule has 0 fully saturated rings. The highest BCUT2D eigenvalue weighted by Gasteiger charge is 2.33. The van der Waals surface area contributed by atoms with Crippen LogP contribution in [0.1, 0.15) is 48.0 Å². The summed E-state index contributed by atoms with van der Waals surface area (Å²) in [5.74, 6) is -1.21. The predicted molar refractivity (Wildman–Crippen MR) is 159 cm³/mol. The van der Waals surface area contributed by atoms with E-state index in [1.54, 1.807) is 30.2 Å². The molecule has 0 heterocycles. The lowest BCUT2D eigenvalue weighted by molar-refractivity contribution is -0.113. The highest BCUT2D eigenvalue weighted by Crippen LogP contribution is 2.29. The normalized spacial score (nSPS) is 18.5. The third kappa shape index (κ3) is 11.2. The average Bonchev–Trinajstić information content (AvgIpc) is 2.91. The van der Waals surface area contributed by atoms with Gasteiger partial charge in [0.2, 0.25) is 5.91 Å². The van der Waals surface area contributed by atoms with E-state index in [0.29, 0.717) is 6.42 Å². The molecule has 0 aliphatic carbocycles. The van der Waals surface area contributed by atoms with Crippen LogP contribution in [0.15, 0.2) is 78.9 Å². The number of aliphatic hydroxyl groups excluding tert-OH is 2. The second-order valence-corrected chi connectivity index (χ2v) is 10.7. The smallest absolute Gasteiger partial charge is 0.404 e. The van der Waals surface area contributed by atoms with Crippen LogP contribution in [0.25, 0.3) is 0 Å². The van der Waals surface area contributed by atoms with Crippen molar-refractivity contribution in [1.29, 1.82) is 0 Å². The molecule has 7 nitrogen and oxygen atoms in total. The van der Waals surface area contributed by atoms with Gasteiger partial charge in [-0.3, -0.25) is 4.79 Å². The number of hydrogen-bond acceptors (Lipinski definition) is 5. The van der Waals surface area contributed by atoms with Crippen LogP contribution in [-0.2, 0) is 9.53 Å². The van der Waals surface area contributed by atoms with Crippen LogP contribution in [-0.4, -0.2) is 47.6 Å². The van der Waals surface area contributed by atoms with E-state index in [2.05, 4.69) is 6.58 Å². The topological polar surface area (TPSA) is 113 Å². The molecule has 39 heavy (non-hydrogen) atoms. The Bertz CT molecular complexity index is 1000. The highest BCUT2D eigenvalue weighted by atomic mass is 16.6. The van der Waals surface area contributed by atoms with Crippen molar-refractivity contribution < 1.29 is 24.5 Å². The minimum atomic E-state index is -0.874. The fourth-order valence-electron chi connectivity index (χ4n) is 4.86. The molecule has 0 radical (unpaired) electrons. The van der Waals surface area contributed by atoms with Crippen molar-refractivity contribution >= 4 is 17.7 Å². The number of hydrogen-bond donors (Lipinski definition) is 3. The maximum absolute atomic E-state index is 12.5. The second kappa shape index (κ2) is 16.7. The van der Waals surface area contributed by atoms with Crippen molar-refractivity contribution in [2.75, 3.05) is 11.9 Å². The number of likely N-dealkylation sites (N-methyl/N-ethyl adjacent to an activating group) is 1. The monoisotopic (exact) mass is 540 g/mol. The van der Waals surface area contributed by atoms with E-state index in [9.17, 15) is 19.8 Å². The summed E-state index contributed by atoms with van der Waals surface area (Å²) in [6.45, 7) is 15.2. The third-order valence-electron chi connectivity index (χ3n) is 7.25. The molecule has 1 rings (SSSR count). The molecule has 0 saturated heterocycles. The number of benzene rings is 1. The van der Waals surface area contributed by atoms with Gasteiger partial charge in [0.1, 0.15) is 6.10 Å². The lowest BCUT2D eigenvalue weighted by Crippen LogP contribution is -2.41. The van der Waals surface area contributed by atoms with Crippen molar-refractivity contribution in [2.24, 2.45) is 35.3 Å². The van der Waals surface area contributed by atoms with Gasteiger partial charge in [-0.2, -0.15) is 0 Å². The van der Waals surface area contributed by atoms with Gasteiger partial charge >= 0.3 is 6.09 Å². The Labute approximate surface area is 234 Å². The molecule has 1 aromatic carbocycles. The molecule has 0 saturated carbocycles. The summed E-state index contributed by atoms with van der Waals surface area (Å²) in [4.78, 5) is 25.6. The molecule has 4 N–H and O–H groups in total. The number of anilines is 1. The van der Waals surface area contributed by atoms with E-state index in [4.69, 9.17) is 10.5 Å². The van der Waals surface area contributed by atoms with Crippen LogP contribution in [0.2, 0.25) is 0 Å². The van der Waals surface area contributed by atoms with E-state index < -0.39 is 24.4 Å². The predicted octanol–water partition coefficient (Wildman–Crippen LogP) is 5.65. The lowest BCUT2D eigenvalue weighted by atomic mass is 9.81. The fraction of sp³-hybridized carbons (Fsp3) is 0.500. The van der Waals surface area contributed by atoms with Gasteiger partial charge in [-0.25, -0.2) is 4.79 Å². The quantitative estimate of drug-likeness (QED) is 0.151. The van der Waals surface area contributed by atoms with Crippen molar-refractivity contribution in [1.82, 2.24) is 0 Å². The first kappa shape index (κ1) is 33.9. The summed E-state index contributed by atoms with van der Waals surface area (Å²) in [5.41, 5.74) is 7.13. The molecule has 0 aromatic heterocycles. The fourth-order valence-corrected chi connectivity index (χ4v) is 4.86. The van der Waals surface area contributed by atoms with E-state index in [0.717, 1.165) is 11.3 Å². The number of nitrogens with two attached hydrogens (primary N) is 1. The third-order valence-corrected chi connectivity index (χ3v) is 7.25. The first-order chi connectivity index (χ1) is 18.3. The Hall–Kier alpha value is -3.16. The molecule has 0 aliphatic heterocycles. The number of primary amides is 1. The van der Waals surface area contributed by atoms with Gasteiger partial charge in [0.15, 0.2) is 0 Å². The minimum Gasteiger partial charge on any atom is -0.445 e. The van der Waals surface area contributed by atoms with Crippen LogP contribution in [0, 0.1) is 29.6 Å². The SMILES string of the molecule is C=CC=C[C@H](C)C(OC(N)=O)C(C)C(O)C(C)CC(C)=C[C@H](C)[C@@H](O)[C@@H](C)C=CC(=O)N(C)c1ccccc1. The van der Waals surface area contributed by atoms with Gasteiger partial charge in [-0.1, -0.05) is 95.3 Å². The summed E-state index contributed by atoms with van der Waals surface area (Å²) in [7, 11) is 1.72. The number of allylic oxidation sites excluding steroid dienone is 3. The number of ether oxygens (including phenoxy) is 1. The van der Waals surface area contributed by atoms with Crippen molar-refractivity contribution in [2.45, 2.75) is 66.3 Å². The van der Waals surface area contributed by atoms with Gasteiger partial charge in [0.25, 0.3) is 0 Å². The highest BCUT2D eigenvalue weighted by molar-refractivity contribution is 6.00. The zero-order valence-electron chi connectivity index (χ0n) is 24.5. The van der Waals surface area contributed by atoms with E-state index >= 15 is 0 Å². The lowest BCUT2D eigenvalue weighted by Gasteiger charge is -2.33. The van der Waals surface area contributed by atoms with E-state index in [-0.39, 0.29) is 35.5 Å². The molecular weight excluding hydrogens is 492 g/mol. The maximum atomic E-state index is 12.5. The number of nitrogens with zero attached hydrogens (tertiary/aromatic N) is 1. The Kier molecular flexibility index (Phi) is 14.5. The van der Waals surface area contributed by atoms with Crippen molar-refractivity contribution in [3.05, 3.63) is 78.9 Å². The Morgan fingerprint density at radius 1 is 1.00 bits per heavy atom. The summed E-state index contributed by atoms with van der Waals surface area (Å²) < 4.78 is 5.36. The van der Waals surface area contributed by atoms with E-state index in [1.165, 1.54) is 6.08 Å². The first-order valence-electron chi connectivity index (χ1n) is 13.6. The van der Waals surface area contributed by atoms with Crippen LogP contribution in [0.3, 0.4) is 0 Å². The van der Waals surface area contributed by atoms with Crippen LogP contribution in [0.5, 0.6) is 0 Å². The second-order valence-electron chi connectivity index (χ2n) is 10.7. The number of rotatable bonds is 15. The maximum Gasteiger partial charge on any atom is 0.404 e. The number of amides is 2. The standard InChI is InChI=1S/C32H48N2O5/c1-9-10-14-23(4)31(39-32(33)38)26(7)30(37)25(6)20-21(2)19-24(5)29(36)22(3)17-18-28(35)34(8)27-15-12-11-13-16-27/h9-19,22-26,29-31,36-37H,1,20H2,2-8H3,(H2,33,38)/t22-,23-,24-,25?,26?,29-,30?,31?/m0/s1. The van der Waals surface area contributed by atoms with Crippen molar-refractivity contribution in [3.63, 3.8) is 0 Å². The molecule has 0 bridgehead atoms. The summed E-state index contributed by atoms with van der Waals surface area (Å²) in [5, 5.41) is 22.0. The van der Waals surface area contributed by atoms with Crippen LogP contribution >= 0.6 is 0 Å². The number of aliphatic hydroxyl groups is 2. The minimum absolute atomic E-state index is 0.126. The number of carbonyl (C=O) groups excluding carboxylic acids is 2. The number of carbonyl (C=O) groups is 2. The van der Waals surface area contributed by atoms with Gasteiger partial charge in [-0.15, -0.1) is 0 Å².